The summed E-state index contributed by atoms with van der Waals surface area (Å²) in [6, 6.07) is 4.43. The Morgan fingerprint density at radius 1 is 1.31 bits per heavy atom. The van der Waals surface area contributed by atoms with Gasteiger partial charge in [-0.05, 0) is 30.0 Å². The maximum absolute atomic E-state index is 12.1. The Morgan fingerprint density at radius 3 is 2.62 bits per heavy atom. The first-order valence-corrected chi connectivity index (χ1v) is 4.60. The topological polar surface area (TPSA) is 35.2 Å². The summed E-state index contributed by atoms with van der Waals surface area (Å²) in [6.45, 7) is 0. The maximum atomic E-state index is 12.1. The van der Waals surface area contributed by atoms with Gasteiger partial charge in [-0.2, -0.15) is 0 Å². The summed E-state index contributed by atoms with van der Waals surface area (Å²) in [5, 5.41) is 0. The highest BCUT2D eigenvalue weighted by atomic mass is 35.5. The molecule has 6 heteroatoms. The van der Waals surface area contributed by atoms with Gasteiger partial charge in [-0.15, -0.1) is 25.6 Å². The fourth-order valence-electron chi connectivity index (χ4n) is 1.87. The first-order valence-electron chi connectivity index (χ1n) is 4.60. The van der Waals surface area contributed by atoms with E-state index in [1.165, 1.54) is 12.1 Å². The fraction of sp³-hybridized carbons (Fsp3) is 0.400. The van der Waals surface area contributed by atoms with Crippen molar-refractivity contribution >= 4 is 12.4 Å². The van der Waals surface area contributed by atoms with Crippen LogP contribution < -0.4 is 10.5 Å². The number of rotatable bonds is 1. The smallest absolute Gasteiger partial charge is 0.405 e. The summed E-state index contributed by atoms with van der Waals surface area (Å²) in [6.07, 6.45) is -3.42. The van der Waals surface area contributed by atoms with Crippen molar-refractivity contribution in [3.8, 4) is 5.75 Å². The lowest BCUT2D eigenvalue weighted by Crippen LogP contribution is -2.18. The van der Waals surface area contributed by atoms with E-state index in [0.717, 1.165) is 5.56 Å². The third-order valence-electron chi connectivity index (χ3n) is 2.50. The quantitative estimate of drug-likeness (QED) is 0.835. The Kier molecular flexibility index (Phi) is 3.70. The molecule has 0 aromatic heterocycles. The van der Waals surface area contributed by atoms with Crippen molar-refractivity contribution in [3.63, 3.8) is 0 Å². The number of halogens is 4. The zero-order valence-corrected chi connectivity index (χ0v) is 9.07. The van der Waals surface area contributed by atoms with Crippen LogP contribution in [0.15, 0.2) is 18.2 Å². The molecule has 16 heavy (non-hydrogen) atoms. The van der Waals surface area contributed by atoms with Gasteiger partial charge in [0.05, 0.1) is 0 Å². The Balaban J connectivity index is 0.00000128. The molecule has 90 valence electrons. The van der Waals surface area contributed by atoms with Crippen LogP contribution in [-0.4, -0.2) is 6.36 Å². The number of alkyl halides is 3. The van der Waals surface area contributed by atoms with Crippen molar-refractivity contribution in [1.29, 1.82) is 0 Å². The van der Waals surface area contributed by atoms with Gasteiger partial charge in [0.2, 0.25) is 0 Å². The van der Waals surface area contributed by atoms with Crippen molar-refractivity contribution in [2.75, 3.05) is 0 Å². The van der Waals surface area contributed by atoms with Crippen LogP contribution >= 0.6 is 12.4 Å². The van der Waals surface area contributed by atoms with Crippen LogP contribution in [0.5, 0.6) is 5.75 Å². The number of benzene rings is 1. The summed E-state index contributed by atoms with van der Waals surface area (Å²) in [5.74, 6) is -0.118. The molecule has 0 aliphatic heterocycles. The second-order valence-corrected chi connectivity index (χ2v) is 3.52. The predicted octanol–water partition coefficient (Wildman–Crippen LogP) is 2.95. The summed E-state index contributed by atoms with van der Waals surface area (Å²) in [4.78, 5) is 0. The second kappa shape index (κ2) is 4.51. The average molecular weight is 254 g/mol. The molecular formula is C10H11ClF3NO. The van der Waals surface area contributed by atoms with Crippen molar-refractivity contribution in [2.45, 2.75) is 25.2 Å². The van der Waals surface area contributed by atoms with Gasteiger partial charge >= 0.3 is 6.36 Å². The Bertz CT molecular complexity index is 381. The normalized spacial score (nSPS) is 18.9. The van der Waals surface area contributed by atoms with Crippen LogP contribution in [0.4, 0.5) is 13.2 Å². The van der Waals surface area contributed by atoms with E-state index < -0.39 is 6.36 Å². The first kappa shape index (κ1) is 13.1. The molecule has 0 heterocycles. The van der Waals surface area contributed by atoms with Crippen LogP contribution in [0, 0.1) is 0 Å². The number of nitrogens with two attached hydrogens (primary N) is 1. The highest BCUT2D eigenvalue weighted by Crippen LogP contribution is 2.37. The van der Waals surface area contributed by atoms with E-state index in [1.807, 2.05) is 0 Å². The van der Waals surface area contributed by atoms with Gasteiger partial charge in [-0.25, -0.2) is 0 Å². The number of hydrogen-bond acceptors (Lipinski definition) is 2. The molecule has 0 saturated heterocycles. The van der Waals surface area contributed by atoms with Gasteiger partial charge in [0.1, 0.15) is 5.75 Å². The molecule has 0 saturated carbocycles. The molecule has 1 aliphatic rings. The Labute approximate surface area is 97.0 Å². The molecule has 0 bridgehead atoms. The second-order valence-electron chi connectivity index (χ2n) is 3.52. The highest BCUT2D eigenvalue weighted by Gasteiger charge is 2.33. The van der Waals surface area contributed by atoms with Crippen molar-refractivity contribution in [3.05, 3.63) is 29.3 Å². The minimum atomic E-state index is -4.64. The van der Waals surface area contributed by atoms with Gasteiger partial charge in [0.15, 0.2) is 0 Å². The average Bonchev–Trinajstić information content (AvgIpc) is 2.47. The summed E-state index contributed by atoms with van der Waals surface area (Å²) in [5.41, 5.74) is 7.09. The van der Waals surface area contributed by atoms with E-state index in [-0.39, 0.29) is 24.2 Å². The van der Waals surface area contributed by atoms with E-state index in [1.54, 1.807) is 6.07 Å². The molecule has 2 N–H and O–H groups in total. The molecule has 0 radical (unpaired) electrons. The minimum absolute atomic E-state index is 0. The third-order valence-corrected chi connectivity index (χ3v) is 2.50. The molecule has 0 fully saturated rings. The molecule has 1 atom stereocenters. The van der Waals surface area contributed by atoms with E-state index >= 15 is 0 Å². The molecule has 1 aliphatic carbocycles. The van der Waals surface area contributed by atoms with E-state index in [2.05, 4.69) is 4.74 Å². The van der Waals surface area contributed by atoms with Crippen molar-refractivity contribution in [2.24, 2.45) is 5.73 Å². The molecule has 1 aromatic carbocycles. The molecule has 1 aromatic rings. The summed E-state index contributed by atoms with van der Waals surface area (Å²) < 4.78 is 40.1. The summed E-state index contributed by atoms with van der Waals surface area (Å²) in [7, 11) is 0. The lowest BCUT2D eigenvalue weighted by atomic mass is 10.1. The van der Waals surface area contributed by atoms with E-state index in [4.69, 9.17) is 5.73 Å². The number of ether oxygens (including phenoxy) is 1. The van der Waals surface area contributed by atoms with Gasteiger partial charge in [0.25, 0.3) is 0 Å². The summed E-state index contributed by atoms with van der Waals surface area (Å²) >= 11 is 0. The Hall–Kier alpha value is -0.940. The minimum Gasteiger partial charge on any atom is -0.405 e. The van der Waals surface area contributed by atoms with Crippen LogP contribution in [0.25, 0.3) is 0 Å². The van der Waals surface area contributed by atoms with Crippen molar-refractivity contribution < 1.29 is 17.9 Å². The van der Waals surface area contributed by atoms with E-state index in [9.17, 15) is 13.2 Å². The molecule has 1 unspecified atom stereocenters. The highest BCUT2D eigenvalue weighted by molar-refractivity contribution is 5.85. The largest absolute Gasteiger partial charge is 0.573 e. The lowest BCUT2D eigenvalue weighted by Gasteiger charge is -2.12. The van der Waals surface area contributed by atoms with Crippen molar-refractivity contribution in [1.82, 2.24) is 0 Å². The molecule has 2 nitrogen and oxygen atoms in total. The monoisotopic (exact) mass is 253 g/mol. The molecular weight excluding hydrogens is 243 g/mol. The van der Waals surface area contributed by atoms with Crippen LogP contribution in [-0.2, 0) is 6.42 Å². The maximum Gasteiger partial charge on any atom is 0.573 e. The lowest BCUT2D eigenvalue weighted by molar-refractivity contribution is -0.274. The van der Waals surface area contributed by atoms with Gasteiger partial charge in [0, 0.05) is 6.04 Å². The zero-order chi connectivity index (χ0) is 11.1. The van der Waals surface area contributed by atoms with Gasteiger partial charge in [-0.1, -0.05) is 12.1 Å². The van der Waals surface area contributed by atoms with Crippen LogP contribution in [0.1, 0.15) is 23.6 Å². The fourth-order valence-corrected chi connectivity index (χ4v) is 1.87. The number of hydrogen-bond donors (Lipinski definition) is 1. The molecule has 0 amide bonds. The Morgan fingerprint density at radius 2 is 2.00 bits per heavy atom. The predicted molar refractivity (Wildman–Crippen MR) is 55.6 cm³/mol. The molecule has 2 rings (SSSR count). The van der Waals surface area contributed by atoms with Gasteiger partial charge < -0.3 is 10.5 Å². The third kappa shape index (κ3) is 2.59. The van der Waals surface area contributed by atoms with Crippen LogP contribution in [0.2, 0.25) is 0 Å². The number of fused-ring (bicyclic) bond motifs is 1. The van der Waals surface area contributed by atoms with E-state index in [0.29, 0.717) is 18.4 Å². The SMILES string of the molecule is Cl.NC1CCc2c(OC(F)(F)F)cccc21. The van der Waals surface area contributed by atoms with Crippen LogP contribution in [0.3, 0.4) is 0 Å². The zero-order valence-electron chi connectivity index (χ0n) is 8.25. The van der Waals surface area contributed by atoms with Gasteiger partial charge in [-0.3, -0.25) is 0 Å². The standard InChI is InChI=1S/C10H10F3NO.ClH/c11-10(12,13)15-9-3-1-2-6-7(9)4-5-8(6)14;/h1-3,8H,4-5,14H2;1H. The first-order chi connectivity index (χ1) is 6.97. The molecule has 0 spiro atoms.